The van der Waals surface area contributed by atoms with Crippen molar-refractivity contribution in [3.8, 4) is 0 Å². The second-order valence-electron chi connectivity index (χ2n) is 7.16. The van der Waals surface area contributed by atoms with Gasteiger partial charge in [-0.1, -0.05) is 18.2 Å². The first kappa shape index (κ1) is 15.4. The van der Waals surface area contributed by atoms with Crippen LogP contribution in [-0.2, 0) is 16.0 Å². The fourth-order valence-corrected chi connectivity index (χ4v) is 4.40. The molecule has 4 rings (SSSR count). The predicted octanol–water partition coefficient (Wildman–Crippen LogP) is 1.49. The first-order valence-electron chi connectivity index (χ1n) is 8.52. The highest BCUT2D eigenvalue weighted by atomic mass is 16.6. The third-order valence-electron chi connectivity index (χ3n) is 5.79. The molecule has 6 nitrogen and oxygen atoms in total. The summed E-state index contributed by atoms with van der Waals surface area (Å²) in [5.41, 5.74) is 1.75. The molecular formula is C18H23N3O3. The number of nitrogens with zero attached hydrogens (tertiary/aromatic N) is 3. The normalized spacial score (nSPS) is 29.7. The number of likely N-dealkylation sites (N-methyl/N-ethyl adjacent to an activating group) is 2. The van der Waals surface area contributed by atoms with Crippen LogP contribution >= 0.6 is 0 Å². The molecule has 2 amide bonds. The number of benzene rings is 1. The molecule has 3 heterocycles. The Labute approximate surface area is 142 Å². The molecule has 2 atom stereocenters. The zero-order valence-corrected chi connectivity index (χ0v) is 14.2. The summed E-state index contributed by atoms with van der Waals surface area (Å²) < 4.78 is 5.60. The molecule has 0 radical (unpaired) electrons. The van der Waals surface area contributed by atoms with Gasteiger partial charge in [-0.2, -0.15) is 0 Å². The van der Waals surface area contributed by atoms with Gasteiger partial charge in [0.1, 0.15) is 6.10 Å². The highest BCUT2D eigenvalue weighted by Crippen LogP contribution is 2.39. The van der Waals surface area contributed by atoms with Crippen molar-refractivity contribution in [2.45, 2.75) is 30.9 Å². The molecule has 3 aliphatic rings. The van der Waals surface area contributed by atoms with E-state index in [9.17, 15) is 9.59 Å². The largest absolute Gasteiger partial charge is 0.443 e. The Morgan fingerprint density at radius 1 is 1.25 bits per heavy atom. The molecule has 0 aromatic heterocycles. The van der Waals surface area contributed by atoms with Crippen LogP contribution in [0.5, 0.6) is 0 Å². The van der Waals surface area contributed by atoms with E-state index in [0.29, 0.717) is 13.0 Å². The van der Waals surface area contributed by atoms with Crippen LogP contribution in [0.2, 0.25) is 0 Å². The van der Waals surface area contributed by atoms with Gasteiger partial charge in [0.25, 0.3) is 0 Å². The monoisotopic (exact) mass is 329 g/mol. The van der Waals surface area contributed by atoms with E-state index in [0.717, 1.165) is 37.2 Å². The van der Waals surface area contributed by atoms with Crippen molar-refractivity contribution in [1.29, 1.82) is 0 Å². The maximum atomic E-state index is 12.4. The maximum Gasteiger partial charge on any atom is 0.410 e. The second-order valence-corrected chi connectivity index (χ2v) is 7.16. The van der Waals surface area contributed by atoms with Crippen LogP contribution in [0.4, 0.5) is 10.5 Å². The Morgan fingerprint density at radius 3 is 2.88 bits per heavy atom. The van der Waals surface area contributed by atoms with Gasteiger partial charge in [-0.3, -0.25) is 4.79 Å². The Hall–Kier alpha value is -2.08. The number of amides is 2. The van der Waals surface area contributed by atoms with Crippen molar-refractivity contribution < 1.29 is 14.3 Å². The Morgan fingerprint density at radius 2 is 2.04 bits per heavy atom. The molecule has 1 aromatic rings. The van der Waals surface area contributed by atoms with E-state index in [1.165, 1.54) is 0 Å². The Bertz CT molecular complexity index is 692. The van der Waals surface area contributed by atoms with E-state index < -0.39 is 0 Å². The summed E-state index contributed by atoms with van der Waals surface area (Å²) in [6.07, 6.45) is 1.71. The van der Waals surface area contributed by atoms with Crippen LogP contribution < -0.4 is 4.90 Å². The van der Waals surface area contributed by atoms with Crippen molar-refractivity contribution in [3.63, 3.8) is 0 Å². The Balaban J connectivity index is 1.57. The fraction of sp³-hybridized carbons (Fsp3) is 0.556. The van der Waals surface area contributed by atoms with Crippen molar-refractivity contribution in [3.05, 3.63) is 29.8 Å². The molecule has 0 spiro atoms. The minimum absolute atomic E-state index is 0.0841. The van der Waals surface area contributed by atoms with Crippen LogP contribution in [0.3, 0.4) is 0 Å². The van der Waals surface area contributed by atoms with Gasteiger partial charge in [-0.15, -0.1) is 0 Å². The highest BCUT2D eigenvalue weighted by molar-refractivity contribution is 6.01. The first-order chi connectivity index (χ1) is 11.5. The van der Waals surface area contributed by atoms with E-state index in [1.807, 2.05) is 36.2 Å². The van der Waals surface area contributed by atoms with Gasteiger partial charge in [0.05, 0.1) is 12.0 Å². The number of rotatable bonds is 3. The van der Waals surface area contributed by atoms with E-state index in [4.69, 9.17) is 4.74 Å². The van der Waals surface area contributed by atoms with Crippen LogP contribution in [0.1, 0.15) is 18.4 Å². The first-order valence-corrected chi connectivity index (χ1v) is 8.52. The number of hydrogen-bond acceptors (Lipinski definition) is 4. The lowest BCUT2D eigenvalue weighted by atomic mass is 9.82. The molecule has 0 aliphatic carbocycles. The summed E-state index contributed by atoms with van der Waals surface area (Å²) >= 11 is 0. The van der Waals surface area contributed by atoms with Crippen molar-refractivity contribution in [2.24, 2.45) is 0 Å². The molecule has 2 unspecified atom stereocenters. The fourth-order valence-electron chi connectivity index (χ4n) is 4.40. The minimum atomic E-state index is -0.345. The standard InChI is InChI=1S/C18H23N3O3/c1-19-9-7-15-18(12-19,20(2)17(23)24-15)8-10-21-14-6-4-3-5-13(14)11-16(21)22/h3-6,15H,7-12H2,1-2H3. The van der Waals surface area contributed by atoms with Crippen molar-refractivity contribution >= 4 is 17.7 Å². The van der Waals surface area contributed by atoms with Crippen LogP contribution in [0, 0.1) is 0 Å². The van der Waals surface area contributed by atoms with Gasteiger partial charge in [0, 0.05) is 32.4 Å². The number of fused-ring (bicyclic) bond motifs is 2. The lowest BCUT2D eigenvalue weighted by molar-refractivity contribution is -0.117. The molecule has 2 saturated heterocycles. The van der Waals surface area contributed by atoms with Gasteiger partial charge in [0.2, 0.25) is 5.91 Å². The smallest absolute Gasteiger partial charge is 0.410 e. The average molecular weight is 329 g/mol. The van der Waals surface area contributed by atoms with Crippen LogP contribution in [0.15, 0.2) is 24.3 Å². The SMILES string of the molecule is CN1CCC2OC(=O)N(C)C2(CCN2C(=O)Cc3ccccc32)C1. The summed E-state index contributed by atoms with van der Waals surface area (Å²) in [5.74, 6) is 0.140. The van der Waals surface area contributed by atoms with E-state index in [-0.39, 0.29) is 23.6 Å². The quantitative estimate of drug-likeness (QED) is 0.843. The summed E-state index contributed by atoms with van der Waals surface area (Å²) in [5, 5.41) is 0. The van der Waals surface area contributed by atoms with Crippen LogP contribution in [0.25, 0.3) is 0 Å². The summed E-state index contributed by atoms with van der Waals surface area (Å²) in [6, 6.07) is 7.95. The van der Waals surface area contributed by atoms with E-state index in [2.05, 4.69) is 11.9 Å². The molecule has 1 aromatic carbocycles. The minimum Gasteiger partial charge on any atom is -0.443 e. The van der Waals surface area contributed by atoms with Gasteiger partial charge in [0.15, 0.2) is 0 Å². The van der Waals surface area contributed by atoms with Gasteiger partial charge < -0.3 is 19.4 Å². The molecule has 0 saturated carbocycles. The molecule has 24 heavy (non-hydrogen) atoms. The molecule has 6 heteroatoms. The number of para-hydroxylation sites is 1. The molecule has 0 N–H and O–H groups in total. The number of carbonyl (C=O) groups is 2. The van der Waals surface area contributed by atoms with Crippen molar-refractivity contribution in [2.75, 3.05) is 38.6 Å². The number of ether oxygens (including phenoxy) is 1. The number of anilines is 1. The predicted molar refractivity (Wildman–Crippen MR) is 90.0 cm³/mol. The van der Waals surface area contributed by atoms with Crippen molar-refractivity contribution in [1.82, 2.24) is 9.80 Å². The summed E-state index contributed by atoms with van der Waals surface area (Å²) in [7, 11) is 3.89. The zero-order valence-electron chi connectivity index (χ0n) is 14.2. The average Bonchev–Trinajstić information content (AvgIpc) is 3.01. The number of likely N-dealkylation sites (tertiary alicyclic amines) is 1. The summed E-state index contributed by atoms with van der Waals surface area (Å²) in [4.78, 5) is 30.4. The summed E-state index contributed by atoms with van der Waals surface area (Å²) in [6.45, 7) is 2.32. The molecule has 128 valence electrons. The molecule has 0 bridgehead atoms. The highest BCUT2D eigenvalue weighted by Gasteiger charge is 2.55. The van der Waals surface area contributed by atoms with E-state index in [1.54, 1.807) is 4.90 Å². The topological polar surface area (TPSA) is 53.1 Å². The number of carbonyl (C=O) groups excluding carboxylic acids is 2. The number of piperidine rings is 1. The number of hydrogen-bond donors (Lipinski definition) is 0. The molecular weight excluding hydrogens is 306 g/mol. The molecule has 3 aliphatic heterocycles. The third kappa shape index (κ3) is 2.20. The van der Waals surface area contributed by atoms with Crippen LogP contribution in [-0.4, -0.2) is 67.2 Å². The van der Waals surface area contributed by atoms with Gasteiger partial charge in [-0.05, 0) is 31.5 Å². The zero-order chi connectivity index (χ0) is 16.9. The molecule has 2 fully saturated rings. The van der Waals surface area contributed by atoms with Gasteiger partial charge in [-0.25, -0.2) is 4.79 Å². The Kier molecular flexibility index (Phi) is 3.53. The van der Waals surface area contributed by atoms with Gasteiger partial charge >= 0.3 is 6.09 Å². The third-order valence-corrected chi connectivity index (χ3v) is 5.79. The van der Waals surface area contributed by atoms with E-state index >= 15 is 0 Å². The second kappa shape index (κ2) is 5.48. The lowest BCUT2D eigenvalue weighted by Crippen LogP contribution is -2.61. The maximum absolute atomic E-state index is 12.4. The lowest BCUT2D eigenvalue weighted by Gasteiger charge is -2.44.